The van der Waals surface area contributed by atoms with Crippen molar-refractivity contribution in [2.75, 3.05) is 6.61 Å². The number of nitrogens with zero attached hydrogens (tertiary/aromatic N) is 3. The molecule has 7 nitrogen and oxygen atoms in total. The first kappa shape index (κ1) is 20.2. The molecule has 4 aromatic rings. The summed E-state index contributed by atoms with van der Waals surface area (Å²) >= 11 is 0. The van der Waals surface area contributed by atoms with Crippen molar-refractivity contribution in [3.63, 3.8) is 0 Å². The highest BCUT2D eigenvalue weighted by Crippen LogP contribution is 2.33. The fraction of sp³-hybridized carbons (Fsp3) is 0.125. The number of rotatable bonds is 6. The molecule has 7 heteroatoms. The summed E-state index contributed by atoms with van der Waals surface area (Å²) in [6.07, 6.45) is 0.752. The van der Waals surface area contributed by atoms with Crippen molar-refractivity contribution in [3.05, 3.63) is 78.4 Å². The van der Waals surface area contributed by atoms with Gasteiger partial charge in [-0.2, -0.15) is 0 Å². The fourth-order valence-electron chi connectivity index (χ4n) is 3.12. The maximum absolute atomic E-state index is 12.1. The lowest BCUT2D eigenvalue weighted by Gasteiger charge is -2.08. The van der Waals surface area contributed by atoms with E-state index in [0.717, 1.165) is 6.42 Å². The van der Waals surface area contributed by atoms with Gasteiger partial charge in [0.15, 0.2) is 11.6 Å². The van der Waals surface area contributed by atoms with E-state index in [1.807, 2.05) is 6.92 Å². The van der Waals surface area contributed by atoms with Gasteiger partial charge in [-0.05, 0) is 55.0 Å². The minimum Gasteiger partial charge on any atom is -0.507 e. The Bertz CT molecular complexity index is 1220. The maximum Gasteiger partial charge on any atom is 0.338 e. The molecule has 0 unspecified atom stereocenters. The molecule has 0 amide bonds. The largest absolute Gasteiger partial charge is 0.507 e. The number of para-hydroxylation sites is 2. The van der Waals surface area contributed by atoms with Crippen LogP contribution in [0.2, 0.25) is 0 Å². The highest BCUT2D eigenvalue weighted by atomic mass is 16.5. The highest BCUT2D eigenvalue weighted by Gasteiger charge is 2.19. The number of hydrogen-bond donors (Lipinski definition) is 2. The second-order valence-electron chi connectivity index (χ2n) is 6.89. The number of carbonyl (C=O) groups excluding carboxylic acids is 1. The van der Waals surface area contributed by atoms with Gasteiger partial charge in [0.2, 0.25) is 0 Å². The van der Waals surface area contributed by atoms with Crippen molar-refractivity contribution in [3.8, 4) is 40.0 Å². The van der Waals surface area contributed by atoms with Crippen LogP contribution in [-0.4, -0.2) is 37.6 Å². The van der Waals surface area contributed by atoms with Crippen LogP contribution in [0.1, 0.15) is 23.7 Å². The van der Waals surface area contributed by atoms with Gasteiger partial charge < -0.3 is 14.9 Å². The number of phenols is 2. The molecule has 0 radical (unpaired) electrons. The van der Waals surface area contributed by atoms with E-state index < -0.39 is 0 Å². The monoisotopic (exact) mass is 415 g/mol. The number of ether oxygens (including phenoxy) is 1. The molecule has 0 aliphatic rings. The fourth-order valence-corrected chi connectivity index (χ4v) is 3.12. The van der Waals surface area contributed by atoms with E-state index in [9.17, 15) is 15.0 Å². The number of benzene rings is 3. The van der Waals surface area contributed by atoms with Crippen molar-refractivity contribution in [2.24, 2.45) is 0 Å². The Labute approximate surface area is 179 Å². The van der Waals surface area contributed by atoms with Gasteiger partial charge in [-0.15, -0.1) is 5.10 Å². The summed E-state index contributed by atoms with van der Waals surface area (Å²) in [5, 5.41) is 25.2. The van der Waals surface area contributed by atoms with E-state index in [-0.39, 0.29) is 17.5 Å². The summed E-state index contributed by atoms with van der Waals surface area (Å²) in [6.45, 7) is 2.30. The van der Waals surface area contributed by atoms with Crippen LogP contribution >= 0.6 is 0 Å². The van der Waals surface area contributed by atoms with E-state index >= 15 is 0 Å². The summed E-state index contributed by atoms with van der Waals surface area (Å²) in [5.74, 6) is 0.431. The van der Waals surface area contributed by atoms with Crippen LogP contribution in [0.5, 0.6) is 11.5 Å². The van der Waals surface area contributed by atoms with Crippen molar-refractivity contribution >= 4 is 5.97 Å². The number of aromatic hydroxyl groups is 2. The lowest BCUT2D eigenvalue weighted by atomic mass is 10.1. The molecular weight excluding hydrogens is 394 g/mol. The number of aromatic nitrogens is 3. The normalized spacial score (nSPS) is 10.7. The van der Waals surface area contributed by atoms with Gasteiger partial charge in [0.05, 0.1) is 29.0 Å². The molecule has 0 spiro atoms. The Morgan fingerprint density at radius 3 is 2.13 bits per heavy atom. The third-order valence-corrected chi connectivity index (χ3v) is 4.68. The van der Waals surface area contributed by atoms with Gasteiger partial charge in [0, 0.05) is 0 Å². The first-order valence-corrected chi connectivity index (χ1v) is 9.90. The molecule has 1 aromatic heterocycles. The van der Waals surface area contributed by atoms with Gasteiger partial charge in [-0.25, -0.2) is 14.5 Å². The SMILES string of the molecule is CCCOC(=O)c1ccc(-n2nc(-c3ccccc3O)nc2-c2ccccc2O)cc1. The van der Waals surface area contributed by atoms with Crippen molar-refractivity contribution < 1.29 is 19.7 Å². The zero-order valence-corrected chi connectivity index (χ0v) is 16.9. The zero-order valence-electron chi connectivity index (χ0n) is 16.9. The standard InChI is InChI=1S/C24H21N3O4/c1-2-15-31-24(30)16-11-13-17(14-12-16)27-23(19-8-4-6-10-21(19)29)25-22(26-27)18-7-3-5-9-20(18)28/h3-14,28-29H,2,15H2,1H3. The van der Waals surface area contributed by atoms with Crippen LogP contribution in [0.4, 0.5) is 0 Å². The topological polar surface area (TPSA) is 97.5 Å². The quantitative estimate of drug-likeness (QED) is 0.448. The number of esters is 1. The predicted octanol–water partition coefficient (Wildman–Crippen LogP) is 4.58. The van der Waals surface area contributed by atoms with Crippen LogP contribution in [0.25, 0.3) is 28.5 Å². The van der Waals surface area contributed by atoms with Gasteiger partial charge in [0.1, 0.15) is 11.5 Å². The van der Waals surface area contributed by atoms with Gasteiger partial charge in [-0.3, -0.25) is 0 Å². The number of phenolic OH excluding ortho intramolecular Hbond substituents is 2. The average molecular weight is 415 g/mol. The van der Waals surface area contributed by atoms with Crippen molar-refractivity contribution in [1.29, 1.82) is 0 Å². The molecule has 0 atom stereocenters. The maximum atomic E-state index is 12.1. The van der Waals surface area contributed by atoms with Crippen LogP contribution in [0.3, 0.4) is 0 Å². The average Bonchev–Trinajstić information content (AvgIpc) is 3.23. The van der Waals surface area contributed by atoms with Crippen LogP contribution in [-0.2, 0) is 4.74 Å². The van der Waals surface area contributed by atoms with Crippen LogP contribution < -0.4 is 0 Å². The van der Waals surface area contributed by atoms with E-state index in [2.05, 4.69) is 10.1 Å². The second kappa shape index (κ2) is 8.71. The highest BCUT2D eigenvalue weighted by molar-refractivity contribution is 5.89. The second-order valence-corrected chi connectivity index (χ2v) is 6.89. The lowest BCUT2D eigenvalue weighted by Crippen LogP contribution is -2.06. The summed E-state index contributed by atoms with van der Waals surface area (Å²) < 4.78 is 6.74. The Morgan fingerprint density at radius 2 is 1.52 bits per heavy atom. The molecule has 4 rings (SSSR count). The van der Waals surface area contributed by atoms with Crippen molar-refractivity contribution in [1.82, 2.24) is 14.8 Å². The summed E-state index contributed by atoms with van der Waals surface area (Å²) in [7, 11) is 0. The number of carbonyl (C=O) groups is 1. The van der Waals surface area contributed by atoms with E-state index in [1.54, 1.807) is 77.5 Å². The van der Waals surface area contributed by atoms with E-state index in [4.69, 9.17) is 4.74 Å². The predicted molar refractivity (Wildman–Crippen MR) is 116 cm³/mol. The molecule has 31 heavy (non-hydrogen) atoms. The van der Waals surface area contributed by atoms with Crippen LogP contribution in [0, 0.1) is 0 Å². The Balaban J connectivity index is 1.80. The molecule has 0 saturated heterocycles. The first-order chi connectivity index (χ1) is 15.1. The molecule has 0 aliphatic carbocycles. The molecular formula is C24H21N3O4. The van der Waals surface area contributed by atoms with E-state index in [1.165, 1.54) is 0 Å². The molecule has 0 saturated carbocycles. The van der Waals surface area contributed by atoms with E-state index in [0.29, 0.717) is 40.6 Å². The minimum absolute atomic E-state index is 0.0532. The summed E-state index contributed by atoms with van der Waals surface area (Å²) in [5.41, 5.74) is 2.03. The molecule has 0 fully saturated rings. The summed E-state index contributed by atoms with van der Waals surface area (Å²) in [6, 6.07) is 20.4. The Morgan fingerprint density at radius 1 is 0.903 bits per heavy atom. The Kier molecular flexibility index (Phi) is 5.66. The molecule has 0 bridgehead atoms. The molecule has 0 aliphatic heterocycles. The van der Waals surface area contributed by atoms with Gasteiger partial charge in [0.25, 0.3) is 0 Å². The van der Waals surface area contributed by atoms with Crippen LogP contribution in [0.15, 0.2) is 72.8 Å². The number of hydrogen-bond acceptors (Lipinski definition) is 6. The molecule has 156 valence electrons. The van der Waals surface area contributed by atoms with Gasteiger partial charge in [-0.1, -0.05) is 31.2 Å². The van der Waals surface area contributed by atoms with Gasteiger partial charge >= 0.3 is 5.97 Å². The minimum atomic E-state index is -0.386. The zero-order chi connectivity index (χ0) is 21.8. The smallest absolute Gasteiger partial charge is 0.338 e. The third kappa shape index (κ3) is 4.11. The molecule has 3 aromatic carbocycles. The third-order valence-electron chi connectivity index (χ3n) is 4.68. The Hall–Kier alpha value is -4.13. The summed E-state index contributed by atoms with van der Waals surface area (Å²) in [4.78, 5) is 16.7. The first-order valence-electron chi connectivity index (χ1n) is 9.90. The lowest BCUT2D eigenvalue weighted by molar-refractivity contribution is 0.0505. The molecule has 1 heterocycles. The van der Waals surface area contributed by atoms with Crippen molar-refractivity contribution in [2.45, 2.75) is 13.3 Å². The molecule has 2 N–H and O–H groups in total.